The zero-order chi connectivity index (χ0) is 15.2. The second-order valence-corrected chi connectivity index (χ2v) is 5.09. The fourth-order valence-corrected chi connectivity index (χ4v) is 2.42. The summed E-state index contributed by atoms with van der Waals surface area (Å²) in [5.41, 5.74) is 2.79. The maximum absolute atomic E-state index is 9.05. The largest absolute Gasteiger partial charge is 0.396 e. The van der Waals surface area contributed by atoms with Crippen molar-refractivity contribution in [3.05, 3.63) is 54.2 Å². The lowest BCUT2D eigenvalue weighted by Crippen LogP contribution is -2.31. The van der Waals surface area contributed by atoms with Gasteiger partial charge in [-0.25, -0.2) is 9.98 Å². The van der Waals surface area contributed by atoms with E-state index in [0.717, 1.165) is 22.8 Å². The molecule has 114 valence electrons. The molecular weight excluding hydrogens is 278 g/mol. The summed E-state index contributed by atoms with van der Waals surface area (Å²) in [5, 5.41) is 9.05. The number of aromatic nitrogens is 1. The molecular formula is C17H19N3O2. The minimum atomic E-state index is 0.150. The fraction of sp³-hybridized carbons (Fsp3) is 0.294. The molecule has 1 aliphatic rings. The zero-order valence-electron chi connectivity index (χ0n) is 12.4. The third-order valence-electron chi connectivity index (χ3n) is 3.50. The first-order valence-corrected chi connectivity index (χ1v) is 7.40. The van der Waals surface area contributed by atoms with E-state index < -0.39 is 0 Å². The van der Waals surface area contributed by atoms with Gasteiger partial charge in [-0.05, 0) is 24.1 Å². The van der Waals surface area contributed by atoms with Gasteiger partial charge in [-0.15, -0.1) is 0 Å². The standard InChI is InChI=1S/C17H19N3O2/c21-11-5-10-20-13-22-12-16(14-6-2-1-3-7-14)19-15-8-4-9-18-17(15)20/h1-4,6-9,21H,5,10-13H2/b19-16+. The summed E-state index contributed by atoms with van der Waals surface area (Å²) < 4.78 is 5.78. The van der Waals surface area contributed by atoms with Crippen LogP contribution in [-0.2, 0) is 4.74 Å². The second kappa shape index (κ2) is 7.15. The Balaban J connectivity index is 1.97. The average Bonchev–Trinajstić information content (AvgIpc) is 2.56. The molecule has 0 saturated heterocycles. The van der Waals surface area contributed by atoms with E-state index in [1.54, 1.807) is 6.20 Å². The van der Waals surface area contributed by atoms with E-state index in [2.05, 4.69) is 4.98 Å². The van der Waals surface area contributed by atoms with Crippen LogP contribution in [0, 0.1) is 0 Å². The van der Waals surface area contributed by atoms with Crippen molar-refractivity contribution in [3.63, 3.8) is 0 Å². The molecule has 0 saturated carbocycles. The summed E-state index contributed by atoms with van der Waals surface area (Å²) in [6.07, 6.45) is 2.43. The van der Waals surface area contributed by atoms with E-state index in [1.807, 2.05) is 47.4 Å². The summed E-state index contributed by atoms with van der Waals surface area (Å²) >= 11 is 0. The molecule has 2 heterocycles. The van der Waals surface area contributed by atoms with E-state index in [1.165, 1.54) is 0 Å². The third kappa shape index (κ3) is 3.32. The first kappa shape index (κ1) is 14.7. The van der Waals surface area contributed by atoms with Gasteiger partial charge in [-0.2, -0.15) is 0 Å². The van der Waals surface area contributed by atoms with Crippen molar-refractivity contribution in [2.45, 2.75) is 6.42 Å². The molecule has 22 heavy (non-hydrogen) atoms. The molecule has 0 unspecified atom stereocenters. The van der Waals surface area contributed by atoms with Gasteiger partial charge in [0, 0.05) is 19.3 Å². The van der Waals surface area contributed by atoms with Crippen LogP contribution < -0.4 is 4.90 Å². The van der Waals surface area contributed by atoms with Gasteiger partial charge in [0.25, 0.3) is 0 Å². The minimum Gasteiger partial charge on any atom is -0.396 e. The fourth-order valence-electron chi connectivity index (χ4n) is 2.42. The van der Waals surface area contributed by atoms with Crippen LogP contribution in [0.4, 0.5) is 11.5 Å². The Morgan fingerprint density at radius 1 is 1.14 bits per heavy atom. The van der Waals surface area contributed by atoms with Crippen LogP contribution in [-0.4, -0.2) is 42.3 Å². The van der Waals surface area contributed by atoms with Crippen molar-refractivity contribution in [3.8, 4) is 0 Å². The molecule has 0 aliphatic carbocycles. The van der Waals surface area contributed by atoms with Gasteiger partial charge in [0.1, 0.15) is 12.4 Å². The summed E-state index contributed by atoms with van der Waals surface area (Å²) in [6, 6.07) is 13.9. The topological polar surface area (TPSA) is 58.0 Å². The Morgan fingerprint density at radius 2 is 2.00 bits per heavy atom. The predicted octanol–water partition coefficient (Wildman–Crippen LogP) is 2.38. The number of fused-ring (bicyclic) bond motifs is 1. The first-order valence-electron chi connectivity index (χ1n) is 7.40. The van der Waals surface area contributed by atoms with Crippen LogP contribution in [0.5, 0.6) is 0 Å². The number of rotatable bonds is 4. The van der Waals surface area contributed by atoms with Gasteiger partial charge in [0.05, 0.1) is 12.3 Å². The average molecular weight is 297 g/mol. The van der Waals surface area contributed by atoms with Crippen LogP contribution in [0.3, 0.4) is 0 Å². The van der Waals surface area contributed by atoms with Gasteiger partial charge >= 0.3 is 0 Å². The molecule has 0 spiro atoms. The van der Waals surface area contributed by atoms with Crippen molar-refractivity contribution in [1.29, 1.82) is 0 Å². The number of benzene rings is 1. The predicted molar refractivity (Wildman–Crippen MR) is 86.7 cm³/mol. The minimum absolute atomic E-state index is 0.150. The summed E-state index contributed by atoms with van der Waals surface area (Å²) in [7, 11) is 0. The Morgan fingerprint density at radius 3 is 2.82 bits per heavy atom. The second-order valence-electron chi connectivity index (χ2n) is 5.09. The Labute approximate surface area is 129 Å². The Bertz CT molecular complexity index is 643. The van der Waals surface area contributed by atoms with Crippen molar-refractivity contribution in [2.75, 3.05) is 31.4 Å². The van der Waals surface area contributed by atoms with Gasteiger partial charge in [-0.3, -0.25) is 0 Å². The van der Waals surface area contributed by atoms with Crippen LogP contribution in [0.25, 0.3) is 0 Å². The molecule has 0 bridgehead atoms. The van der Waals surface area contributed by atoms with Gasteiger partial charge < -0.3 is 14.7 Å². The normalized spacial score (nSPS) is 17.1. The van der Waals surface area contributed by atoms with Crippen LogP contribution in [0.1, 0.15) is 12.0 Å². The lowest BCUT2D eigenvalue weighted by atomic mass is 10.1. The van der Waals surface area contributed by atoms with Crippen LogP contribution in [0.15, 0.2) is 53.7 Å². The molecule has 3 rings (SSSR count). The molecule has 0 radical (unpaired) electrons. The molecule has 1 aromatic heterocycles. The number of pyridine rings is 1. The first-order chi connectivity index (χ1) is 10.9. The van der Waals surface area contributed by atoms with Crippen LogP contribution in [0.2, 0.25) is 0 Å². The number of hydrogen-bond donors (Lipinski definition) is 1. The number of aliphatic hydroxyl groups is 1. The molecule has 0 atom stereocenters. The van der Waals surface area contributed by atoms with E-state index in [0.29, 0.717) is 26.3 Å². The number of aliphatic imine (C=N–C) groups is 1. The summed E-state index contributed by atoms with van der Waals surface area (Å²) in [5.74, 6) is 0.795. The zero-order valence-corrected chi connectivity index (χ0v) is 12.4. The van der Waals surface area contributed by atoms with E-state index >= 15 is 0 Å². The van der Waals surface area contributed by atoms with E-state index in [9.17, 15) is 0 Å². The monoisotopic (exact) mass is 297 g/mol. The molecule has 2 aromatic rings. The van der Waals surface area contributed by atoms with Crippen molar-refractivity contribution < 1.29 is 9.84 Å². The van der Waals surface area contributed by atoms with Crippen molar-refractivity contribution >= 4 is 17.2 Å². The van der Waals surface area contributed by atoms with Crippen molar-refractivity contribution in [1.82, 2.24) is 4.98 Å². The summed E-state index contributed by atoms with van der Waals surface area (Å²) in [6.45, 7) is 1.73. The Hall–Kier alpha value is -2.24. The molecule has 5 heteroatoms. The molecule has 1 N–H and O–H groups in total. The quantitative estimate of drug-likeness (QED) is 0.941. The third-order valence-corrected chi connectivity index (χ3v) is 3.50. The van der Waals surface area contributed by atoms with Gasteiger partial charge in [0.2, 0.25) is 0 Å². The molecule has 5 nitrogen and oxygen atoms in total. The summed E-state index contributed by atoms with van der Waals surface area (Å²) in [4.78, 5) is 11.2. The number of anilines is 1. The SMILES string of the molecule is OCCCN1COC/C(c2ccccc2)=N\c2cccnc21. The maximum atomic E-state index is 9.05. The lowest BCUT2D eigenvalue weighted by Gasteiger charge is -2.26. The number of nitrogens with zero attached hydrogens (tertiary/aromatic N) is 3. The highest BCUT2D eigenvalue weighted by atomic mass is 16.5. The highest BCUT2D eigenvalue weighted by molar-refractivity contribution is 6.03. The smallest absolute Gasteiger partial charge is 0.156 e. The maximum Gasteiger partial charge on any atom is 0.156 e. The van der Waals surface area contributed by atoms with E-state index in [4.69, 9.17) is 14.8 Å². The highest BCUT2D eigenvalue weighted by Gasteiger charge is 2.17. The molecule has 0 fully saturated rings. The van der Waals surface area contributed by atoms with Crippen molar-refractivity contribution in [2.24, 2.45) is 4.99 Å². The van der Waals surface area contributed by atoms with Gasteiger partial charge in [-0.1, -0.05) is 30.3 Å². The van der Waals surface area contributed by atoms with Gasteiger partial charge in [0.15, 0.2) is 5.82 Å². The lowest BCUT2D eigenvalue weighted by molar-refractivity contribution is 0.168. The number of hydrogen-bond acceptors (Lipinski definition) is 5. The number of aliphatic hydroxyl groups excluding tert-OH is 1. The highest BCUT2D eigenvalue weighted by Crippen LogP contribution is 2.28. The van der Waals surface area contributed by atoms with Crippen LogP contribution >= 0.6 is 0 Å². The number of ether oxygens (including phenoxy) is 1. The van der Waals surface area contributed by atoms with E-state index in [-0.39, 0.29) is 6.61 Å². The Kier molecular flexibility index (Phi) is 4.78. The molecule has 1 aromatic carbocycles. The molecule has 0 amide bonds. The molecule has 1 aliphatic heterocycles.